The lowest BCUT2D eigenvalue weighted by atomic mass is 10.2. The Morgan fingerprint density at radius 2 is 1.90 bits per heavy atom. The Hall–Kier alpha value is -3.23. The van der Waals surface area contributed by atoms with Crippen molar-refractivity contribution in [2.45, 2.75) is 6.61 Å². The third-order valence-corrected chi connectivity index (χ3v) is 4.32. The Kier molecular flexibility index (Phi) is 6.81. The number of carbonyl (C=O) groups is 1. The van der Waals surface area contributed by atoms with Gasteiger partial charge in [-0.25, -0.2) is 9.18 Å². The van der Waals surface area contributed by atoms with Gasteiger partial charge in [0.2, 0.25) is 5.76 Å². The van der Waals surface area contributed by atoms with E-state index in [0.29, 0.717) is 22.1 Å². The SMILES string of the molecule is COc1ccc(Cl)cc1/C(N)=N/OC(=O)c1ccc(COc2ccc(F)cc2Cl)o1. The molecule has 0 aliphatic carbocycles. The summed E-state index contributed by atoms with van der Waals surface area (Å²) >= 11 is 11.8. The van der Waals surface area contributed by atoms with Crippen molar-refractivity contribution < 1.29 is 27.9 Å². The first-order valence-electron chi connectivity index (χ1n) is 8.42. The zero-order valence-corrected chi connectivity index (χ0v) is 17.0. The second-order valence-electron chi connectivity index (χ2n) is 5.83. The number of benzene rings is 2. The molecule has 0 bridgehead atoms. The average Bonchev–Trinajstić information content (AvgIpc) is 3.20. The Labute approximate surface area is 180 Å². The van der Waals surface area contributed by atoms with Crippen molar-refractivity contribution in [1.82, 2.24) is 0 Å². The fraction of sp³-hybridized carbons (Fsp3) is 0.100. The number of halogens is 3. The van der Waals surface area contributed by atoms with Crippen LogP contribution in [0.4, 0.5) is 4.39 Å². The van der Waals surface area contributed by atoms with Gasteiger partial charge in [-0.05, 0) is 48.5 Å². The number of hydrogen-bond donors (Lipinski definition) is 1. The summed E-state index contributed by atoms with van der Waals surface area (Å²) in [5.41, 5.74) is 6.22. The lowest BCUT2D eigenvalue weighted by molar-refractivity contribution is 0.0475. The molecule has 0 unspecified atom stereocenters. The zero-order valence-electron chi connectivity index (χ0n) is 15.5. The van der Waals surface area contributed by atoms with Gasteiger partial charge in [0.25, 0.3) is 0 Å². The molecular formula is C20H15Cl2FN2O5. The average molecular weight is 453 g/mol. The number of carbonyl (C=O) groups excluding carboxylic acids is 1. The highest BCUT2D eigenvalue weighted by Gasteiger charge is 2.15. The van der Waals surface area contributed by atoms with E-state index in [2.05, 4.69) is 5.16 Å². The van der Waals surface area contributed by atoms with Crippen molar-refractivity contribution in [1.29, 1.82) is 0 Å². The molecule has 0 saturated heterocycles. The van der Waals surface area contributed by atoms with E-state index in [1.54, 1.807) is 12.1 Å². The largest absolute Gasteiger partial charge is 0.496 e. The highest BCUT2D eigenvalue weighted by molar-refractivity contribution is 6.32. The van der Waals surface area contributed by atoms with Gasteiger partial charge in [-0.1, -0.05) is 28.4 Å². The first kappa shape index (κ1) is 21.5. The van der Waals surface area contributed by atoms with E-state index in [-0.39, 0.29) is 29.0 Å². The van der Waals surface area contributed by atoms with Crippen molar-refractivity contribution in [3.63, 3.8) is 0 Å². The standard InChI is InChI=1S/C20H15Cl2FN2O5/c1-27-16-5-2-11(21)8-14(16)19(24)25-30-20(26)18-7-4-13(29-18)10-28-17-6-3-12(23)9-15(17)22/h2-9H,10H2,1H3,(H2,24,25). The van der Waals surface area contributed by atoms with Crippen molar-refractivity contribution in [3.05, 3.63) is 81.5 Å². The zero-order chi connectivity index (χ0) is 21.7. The van der Waals surface area contributed by atoms with Gasteiger partial charge in [-0.3, -0.25) is 0 Å². The van der Waals surface area contributed by atoms with Crippen LogP contribution in [0.1, 0.15) is 21.9 Å². The summed E-state index contributed by atoms with van der Waals surface area (Å²) < 4.78 is 29.0. The third kappa shape index (κ3) is 5.22. The number of hydrogen-bond acceptors (Lipinski definition) is 6. The minimum absolute atomic E-state index is 0.0379. The second-order valence-corrected chi connectivity index (χ2v) is 6.67. The van der Waals surface area contributed by atoms with Crippen molar-refractivity contribution in [2.75, 3.05) is 7.11 Å². The number of amidine groups is 1. The van der Waals surface area contributed by atoms with Gasteiger partial charge in [-0.15, -0.1) is 0 Å². The molecule has 0 fully saturated rings. The van der Waals surface area contributed by atoms with E-state index in [1.165, 1.54) is 37.4 Å². The maximum atomic E-state index is 13.1. The van der Waals surface area contributed by atoms with Gasteiger partial charge in [0.1, 0.15) is 29.7 Å². The van der Waals surface area contributed by atoms with Crippen LogP contribution in [0.25, 0.3) is 0 Å². The summed E-state index contributed by atoms with van der Waals surface area (Å²) in [7, 11) is 1.46. The highest BCUT2D eigenvalue weighted by Crippen LogP contribution is 2.26. The van der Waals surface area contributed by atoms with E-state index in [9.17, 15) is 9.18 Å². The summed E-state index contributed by atoms with van der Waals surface area (Å²) in [6.45, 7) is -0.0379. The van der Waals surface area contributed by atoms with E-state index in [1.807, 2.05) is 0 Å². The quantitative estimate of drug-likeness (QED) is 0.239. The van der Waals surface area contributed by atoms with Crippen LogP contribution in [0.15, 0.2) is 58.1 Å². The topological polar surface area (TPSA) is 96.3 Å². The smallest absolute Gasteiger partial charge is 0.400 e. The van der Waals surface area contributed by atoms with E-state index < -0.39 is 11.8 Å². The minimum atomic E-state index is -0.870. The minimum Gasteiger partial charge on any atom is -0.496 e. The third-order valence-electron chi connectivity index (χ3n) is 3.79. The molecule has 0 aliphatic heterocycles. The molecule has 3 rings (SSSR count). The van der Waals surface area contributed by atoms with Crippen LogP contribution >= 0.6 is 23.2 Å². The monoisotopic (exact) mass is 452 g/mol. The lowest BCUT2D eigenvalue weighted by Gasteiger charge is -2.07. The fourth-order valence-electron chi connectivity index (χ4n) is 2.37. The summed E-state index contributed by atoms with van der Waals surface area (Å²) in [6, 6.07) is 11.4. The molecule has 156 valence electrons. The Morgan fingerprint density at radius 3 is 2.63 bits per heavy atom. The maximum absolute atomic E-state index is 13.1. The number of ether oxygens (including phenoxy) is 2. The van der Waals surface area contributed by atoms with Crippen LogP contribution in [0, 0.1) is 5.82 Å². The molecule has 0 spiro atoms. The molecule has 0 saturated carbocycles. The fourth-order valence-corrected chi connectivity index (χ4v) is 2.77. The number of nitrogens with zero attached hydrogens (tertiary/aromatic N) is 1. The van der Waals surface area contributed by atoms with E-state index in [4.69, 9.17) is 47.7 Å². The van der Waals surface area contributed by atoms with Gasteiger partial charge < -0.3 is 24.5 Å². The number of methoxy groups -OCH3 is 1. The van der Waals surface area contributed by atoms with Crippen LogP contribution in [0.2, 0.25) is 10.0 Å². The van der Waals surface area contributed by atoms with Crippen LogP contribution < -0.4 is 15.2 Å². The van der Waals surface area contributed by atoms with Crippen molar-refractivity contribution >= 4 is 35.0 Å². The molecule has 2 N–H and O–H groups in total. The summed E-state index contributed by atoms with van der Waals surface area (Å²) in [5, 5.41) is 4.13. The Morgan fingerprint density at radius 1 is 1.13 bits per heavy atom. The molecular weight excluding hydrogens is 438 g/mol. The molecule has 0 atom stereocenters. The van der Waals surface area contributed by atoms with Crippen LogP contribution in [-0.2, 0) is 11.4 Å². The molecule has 3 aromatic rings. The van der Waals surface area contributed by atoms with Gasteiger partial charge >= 0.3 is 5.97 Å². The number of furan rings is 1. The molecule has 0 amide bonds. The van der Waals surface area contributed by atoms with Crippen LogP contribution in [0.3, 0.4) is 0 Å². The molecule has 0 radical (unpaired) electrons. The number of nitrogens with two attached hydrogens (primary N) is 1. The number of rotatable bonds is 7. The summed E-state index contributed by atoms with van der Waals surface area (Å²) in [6.07, 6.45) is 0. The molecule has 7 nitrogen and oxygen atoms in total. The van der Waals surface area contributed by atoms with E-state index >= 15 is 0 Å². The second kappa shape index (κ2) is 9.51. The molecule has 30 heavy (non-hydrogen) atoms. The Bertz CT molecular complexity index is 1100. The first-order valence-corrected chi connectivity index (χ1v) is 9.18. The Balaban J connectivity index is 1.63. The summed E-state index contributed by atoms with van der Waals surface area (Å²) in [4.78, 5) is 17.0. The number of oxime groups is 1. The van der Waals surface area contributed by atoms with Gasteiger partial charge in [0.15, 0.2) is 5.84 Å². The van der Waals surface area contributed by atoms with Crippen LogP contribution in [0.5, 0.6) is 11.5 Å². The first-order chi connectivity index (χ1) is 14.4. The molecule has 1 heterocycles. The molecule has 1 aromatic heterocycles. The predicted molar refractivity (Wildman–Crippen MR) is 109 cm³/mol. The van der Waals surface area contributed by atoms with Gasteiger partial charge in [-0.2, -0.15) is 0 Å². The molecule has 10 heteroatoms. The van der Waals surface area contributed by atoms with Gasteiger partial charge in [0, 0.05) is 5.02 Å². The van der Waals surface area contributed by atoms with E-state index in [0.717, 1.165) is 6.07 Å². The maximum Gasteiger partial charge on any atom is 0.400 e. The van der Waals surface area contributed by atoms with Gasteiger partial charge in [0.05, 0.1) is 17.7 Å². The molecule has 2 aromatic carbocycles. The lowest BCUT2D eigenvalue weighted by Crippen LogP contribution is -2.16. The van der Waals surface area contributed by atoms with Crippen LogP contribution in [-0.4, -0.2) is 18.9 Å². The summed E-state index contributed by atoms with van der Waals surface area (Å²) in [5.74, 6) is -0.580. The van der Waals surface area contributed by atoms with Crippen molar-refractivity contribution in [3.8, 4) is 11.5 Å². The highest BCUT2D eigenvalue weighted by atomic mass is 35.5. The molecule has 0 aliphatic rings. The normalized spacial score (nSPS) is 11.3. The predicted octanol–water partition coefficient (Wildman–Crippen LogP) is 4.79. The van der Waals surface area contributed by atoms with Crippen molar-refractivity contribution in [2.24, 2.45) is 10.9 Å².